The molecule has 2 atom stereocenters. The van der Waals surface area contributed by atoms with Gasteiger partial charge >= 0.3 is 6.03 Å². The van der Waals surface area contributed by atoms with E-state index >= 15 is 0 Å². The van der Waals surface area contributed by atoms with Gasteiger partial charge in [-0.2, -0.15) is 0 Å². The maximum absolute atomic E-state index is 12.9. The average molecular weight is 475 g/mol. The summed E-state index contributed by atoms with van der Waals surface area (Å²) >= 11 is 0. The molecule has 1 heterocycles. The fourth-order valence-electron chi connectivity index (χ4n) is 3.83. The van der Waals surface area contributed by atoms with Gasteiger partial charge in [-0.25, -0.2) is 4.79 Å². The van der Waals surface area contributed by atoms with Crippen molar-refractivity contribution in [3.63, 3.8) is 0 Å². The smallest absolute Gasteiger partial charge is 0.349 e. The first-order valence-electron chi connectivity index (χ1n) is 12.1. The predicted octanol–water partition coefficient (Wildman–Crippen LogP) is 2.73. The first-order chi connectivity index (χ1) is 16.2. The molecule has 0 radical (unpaired) electrons. The van der Waals surface area contributed by atoms with Crippen LogP contribution in [-0.4, -0.2) is 64.6 Å². The van der Waals surface area contributed by atoms with Gasteiger partial charge in [0.05, 0.1) is 0 Å². The summed E-state index contributed by atoms with van der Waals surface area (Å²) in [5.74, 6) is -1.10. The third-order valence-corrected chi connectivity index (χ3v) is 5.97. The van der Waals surface area contributed by atoms with Crippen LogP contribution in [0.1, 0.15) is 58.4 Å². The van der Waals surface area contributed by atoms with E-state index in [9.17, 15) is 24.4 Å². The minimum atomic E-state index is -1.03. The van der Waals surface area contributed by atoms with Gasteiger partial charge in [-0.3, -0.25) is 19.6 Å². The number of rotatable bonds is 12. The van der Waals surface area contributed by atoms with Gasteiger partial charge < -0.3 is 15.5 Å². The molecule has 0 bridgehead atoms. The fourth-order valence-corrected chi connectivity index (χ4v) is 3.83. The lowest BCUT2D eigenvalue weighted by atomic mass is 9.99. The van der Waals surface area contributed by atoms with Crippen molar-refractivity contribution < 1.29 is 24.4 Å². The van der Waals surface area contributed by atoms with Crippen LogP contribution < -0.4 is 10.6 Å². The van der Waals surface area contributed by atoms with Gasteiger partial charge in [-0.15, -0.1) is 5.06 Å². The molecule has 1 aliphatic heterocycles. The Balaban J connectivity index is 1.94. The molecule has 188 valence electrons. The van der Waals surface area contributed by atoms with Crippen LogP contribution in [0.5, 0.6) is 0 Å². The highest BCUT2D eigenvalue weighted by atomic mass is 16.5. The van der Waals surface area contributed by atoms with Crippen LogP contribution in [0.25, 0.3) is 0 Å². The molecule has 0 aromatic heterocycles. The van der Waals surface area contributed by atoms with Gasteiger partial charge in [0.2, 0.25) is 11.8 Å². The number of carbonyl (C=O) groups excluding carboxylic acids is 4. The molecule has 0 aliphatic carbocycles. The summed E-state index contributed by atoms with van der Waals surface area (Å²) in [4.78, 5) is 51.4. The van der Waals surface area contributed by atoms with Gasteiger partial charge in [0.15, 0.2) is 0 Å². The second-order valence-electron chi connectivity index (χ2n) is 9.34. The Morgan fingerprint density at radius 2 is 1.82 bits per heavy atom. The monoisotopic (exact) mass is 474 g/mol. The zero-order valence-corrected chi connectivity index (χ0v) is 20.5. The number of nitrogens with one attached hydrogen (secondary N) is 2. The van der Waals surface area contributed by atoms with Crippen LogP contribution in [0, 0.1) is 11.8 Å². The molecule has 1 aromatic rings. The summed E-state index contributed by atoms with van der Waals surface area (Å²) in [5.41, 5.74) is 0.826. The Morgan fingerprint density at radius 3 is 2.44 bits per heavy atom. The number of amides is 5. The lowest BCUT2D eigenvalue weighted by Crippen LogP contribution is -2.53. The lowest BCUT2D eigenvalue weighted by Gasteiger charge is -2.23. The lowest BCUT2D eigenvalue weighted by molar-refractivity contribution is -0.157. The van der Waals surface area contributed by atoms with Crippen molar-refractivity contribution in [2.75, 3.05) is 19.6 Å². The predicted molar refractivity (Wildman–Crippen MR) is 128 cm³/mol. The molecule has 9 nitrogen and oxygen atoms in total. The SMILES string of the molecule is CC(C)CC[C@H](C)C(=O)N(O)C(=O)N[C@@H](Cc1ccccc1)C(=O)NCCCN1CCCC1=O. The zero-order chi connectivity index (χ0) is 25.1. The van der Waals surface area contributed by atoms with Crippen LogP contribution in [0.15, 0.2) is 30.3 Å². The van der Waals surface area contributed by atoms with E-state index in [2.05, 4.69) is 10.6 Å². The number of imide groups is 1. The fraction of sp³-hybridized carbons (Fsp3) is 0.600. The van der Waals surface area contributed by atoms with Crippen molar-refractivity contribution in [1.82, 2.24) is 20.6 Å². The van der Waals surface area contributed by atoms with E-state index in [1.54, 1.807) is 11.8 Å². The number of benzene rings is 1. The van der Waals surface area contributed by atoms with E-state index in [4.69, 9.17) is 0 Å². The third-order valence-electron chi connectivity index (χ3n) is 5.97. The summed E-state index contributed by atoms with van der Waals surface area (Å²) in [6.45, 7) is 7.41. The summed E-state index contributed by atoms with van der Waals surface area (Å²) < 4.78 is 0. The summed E-state index contributed by atoms with van der Waals surface area (Å²) in [7, 11) is 0. The Bertz CT molecular complexity index is 830. The number of hydrogen-bond acceptors (Lipinski definition) is 5. The molecule has 3 N–H and O–H groups in total. The normalized spacial score (nSPS) is 15.2. The first kappa shape index (κ1) is 27.3. The van der Waals surface area contributed by atoms with Gasteiger partial charge in [0, 0.05) is 38.4 Å². The molecule has 0 unspecified atom stereocenters. The Labute approximate surface area is 201 Å². The first-order valence-corrected chi connectivity index (χ1v) is 12.1. The maximum atomic E-state index is 12.9. The number of likely N-dealkylation sites (tertiary alicyclic amines) is 1. The molecule has 5 amide bonds. The third kappa shape index (κ3) is 8.78. The van der Waals surface area contributed by atoms with Crippen molar-refractivity contribution in [3.05, 3.63) is 35.9 Å². The highest BCUT2D eigenvalue weighted by Crippen LogP contribution is 2.14. The van der Waals surface area contributed by atoms with Crippen molar-refractivity contribution in [1.29, 1.82) is 0 Å². The van der Waals surface area contributed by atoms with E-state index in [0.29, 0.717) is 38.3 Å². The Hall–Kier alpha value is -2.94. The second-order valence-corrected chi connectivity index (χ2v) is 9.34. The molecule has 1 saturated heterocycles. The topological polar surface area (TPSA) is 119 Å². The van der Waals surface area contributed by atoms with E-state index in [-0.39, 0.29) is 17.4 Å². The maximum Gasteiger partial charge on any atom is 0.349 e. The molecule has 1 aromatic carbocycles. The van der Waals surface area contributed by atoms with Gasteiger partial charge in [-0.1, -0.05) is 57.5 Å². The Morgan fingerprint density at radius 1 is 1.12 bits per heavy atom. The van der Waals surface area contributed by atoms with Gasteiger partial charge in [0.1, 0.15) is 6.04 Å². The summed E-state index contributed by atoms with van der Waals surface area (Å²) in [5, 5.41) is 15.5. The number of hydrogen-bond donors (Lipinski definition) is 3. The number of hydroxylamine groups is 2. The van der Waals surface area contributed by atoms with Crippen LogP contribution in [0.4, 0.5) is 4.79 Å². The molecule has 9 heteroatoms. The molecule has 0 spiro atoms. The highest BCUT2D eigenvalue weighted by Gasteiger charge is 2.29. The van der Waals surface area contributed by atoms with Crippen molar-refractivity contribution in [2.45, 2.75) is 65.3 Å². The summed E-state index contributed by atoms with van der Waals surface area (Å²) in [6, 6.07) is 7.18. The zero-order valence-electron chi connectivity index (χ0n) is 20.5. The Kier molecular flexibility index (Phi) is 11.0. The van der Waals surface area contributed by atoms with E-state index < -0.39 is 29.8 Å². The number of urea groups is 1. The highest BCUT2D eigenvalue weighted by molar-refractivity contribution is 5.96. The van der Waals surface area contributed by atoms with Crippen LogP contribution >= 0.6 is 0 Å². The van der Waals surface area contributed by atoms with Crippen molar-refractivity contribution in [3.8, 4) is 0 Å². The van der Waals surface area contributed by atoms with Gasteiger partial charge in [0.25, 0.3) is 5.91 Å². The summed E-state index contributed by atoms with van der Waals surface area (Å²) in [6.07, 6.45) is 3.58. The van der Waals surface area contributed by atoms with Crippen LogP contribution in [0.3, 0.4) is 0 Å². The number of carbonyl (C=O) groups is 4. The molecule has 1 aliphatic rings. The molecule has 34 heavy (non-hydrogen) atoms. The second kappa shape index (κ2) is 13.7. The molecule has 0 saturated carbocycles. The minimum Gasteiger partial charge on any atom is -0.354 e. The van der Waals surface area contributed by atoms with Crippen LogP contribution in [-0.2, 0) is 20.8 Å². The van der Waals surface area contributed by atoms with Crippen LogP contribution in [0.2, 0.25) is 0 Å². The average Bonchev–Trinajstić information content (AvgIpc) is 3.23. The van der Waals surface area contributed by atoms with E-state index in [1.165, 1.54) is 0 Å². The molecule has 2 rings (SSSR count). The van der Waals surface area contributed by atoms with Crippen molar-refractivity contribution >= 4 is 23.8 Å². The van der Waals surface area contributed by atoms with E-state index in [1.807, 2.05) is 44.2 Å². The van der Waals surface area contributed by atoms with E-state index in [0.717, 1.165) is 24.9 Å². The molecular formula is C25H38N4O5. The minimum absolute atomic E-state index is 0.0786. The van der Waals surface area contributed by atoms with Gasteiger partial charge in [-0.05, 0) is 30.7 Å². The molecule has 1 fully saturated rings. The standard InChI is InChI=1S/C25H38N4O5/c1-18(2)12-13-19(3)24(32)29(34)25(33)27-21(17-20-9-5-4-6-10-20)23(31)26-14-8-16-28-15-7-11-22(28)30/h4-6,9-10,18-19,21,34H,7-8,11-17H2,1-3H3,(H,26,31)(H,27,33)/t19-,21-/m0/s1. The largest absolute Gasteiger partial charge is 0.354 e. The quantitative estimate of drug-likeness (QED) is 0.244. The molecular weight excluding hydrogens is 436 g/mol. The number of nitrogens with zero attached hydrogens (tertiary/aromatic N) is 2. The van der Waals surface area contributed by atoms with Crippen molar-refractivity contribution in [2.24, 2.45) is 11.8 Å².